The Hall–Kier alpha value is -2.72. The molecule has 2 unspecified atom stereocenters. The van der Waals surface area contributed by atoms with Crippen molar-refractivity contribution in [1.82, 2.24) is 36.1 Å². The molecule has 2 aliphatic rings. The molecule has 2 fully saturated rings. The van der Waals surface area contributed by atoms with E-state index in [4.69, 9.17) is 4.74 Å². The molecule has 0 radical (unpaired) electrons. The van der Waals surface area contributed by atoms with Crippen LogP contribution in [0.3, 0.4) is 0 Å². The molecule has 174 valence electrons. The van der Waals surface area contributed by atoms with Crippen LogP contribution in [0.1, 0.15) is 57.3 Å². The molecule has 1 saturated heterocycles. The zero-order valence-electron chi connectivity index (χ0n) is 18.9. The fraction of sp³-hybridized carbons (Fsp3) is 0.636. The van der Waals surface area contributed by atoms with Gasteiger partial charge in [-0.05, 0) is 64.0 Å². The largest absolute Gasteiger partial charge is 0.446 e. The van der Waals surface area contributed by atoms with Crippen molar-refractivity contribution in [2.75, 3.05) is 0 Å². The van der Waals surface area contributed by atoms with Crippen molar-refractivity contribution in [1.29, 1.82) is 0 Å². The number of aryl methyl sites for hydroxylation is 1. The van der Waals surface area contributed by atoms with Gasteiger partial charge in [-0.2, -0.15) is 5.10 Å². The van der Waals surface area contributed by atoms with Crippen LogP contribution >= 0.6 is 0 Å². The molecule has 2 amide bonds. The van der Waals surface area contributed by atoms with Gasteiger partial charge in [0.05, 0.1) is 30.2 Å². The molecule has 1 aliphatic heterocycles. The second-order valence-corrected chi connectivity index (χ2v) is 8.98. The highest BCUT2D eigenvalue weighted by molar-refractivity contribution is 5.78. The van der Waals surface area contributed by atoms with E-state index in [1.807, 2.05) is 32.9 Å². The summed E-state index contributed by atoms with van der Waals surface area (Å²) in [6.45, 7) is 5.93. The van der Waals surface area contributed by atoms with E-state index in [2.05, 4.69) is 31.6 Å². The summed E-state index contributed by atoms with van der Waals surface area (Å²) in [5.74, 6) is 0.322. The maximum absolute atomic E-state index is 12.5. The van der Waals surface area contributed by atoms with Crippen molar-refractivity contribution in [3.05, 3.63) is 29.7 Å². The van der Waals surface area contributed by atoms with Crippen LogP contribution in [0.2, 0.25) is 0 Å². The van der Waals surface area contributed by atoms with E-state index in [1.54, 1.807) is 10.7 Å². The zero-order chi connectivity index (χ0) is 22.7. The van der Waals surface area contributed by atoms with Crippen molar-refractivity contribution in [3.63, 3.8) is 0 Å². The number of aromatic nitrogens is 3. The quantitative estimate of drug-likeness (QED) is 0.513. The van der Waals surface area contributed by atoms with Crippen LogP contribution in [0.15, 0.2) is 18.3 Å². The molecule has 10 nitrogen and oxygen atoms in total. The number of amides is 2. The monoisotopic (exact) mass is 443 g/mol. The number of nitrogens with zero attached hydrogens (tertiary/aromatic N) is 3. The minimum Gasteiger partial charge on any atom is -0.446 e. The van der Waals surface area contributed by atoms with E-state index < -0.39 is 0 Å². The van der Waals surface area contributed by atoms with Crippen LogP contribution < -0.4 is 21.5 Å². The van der Waals surface area contributed by atoms with Crippen LogP contribution in [-0.2, 0) is 16.0 Å². The van der Waals surface area contributed by atoms with Crippen molar-refractivity contribution in [2.24, 2.45) is 5.92 Å². The van der Waals surface area contributed by atoms with Gasteiger partial charge in [0.1, 0.15) is 6.10 Å². The normalized spacial score (nSPS) is 26.2. The molecule has 0 bridgehead atoms. The van der Waals surface area contributed by atoms with Gasteiger partial charge in [0.15, 0.2) is 5.65 Å². The molecule has 3 heterocycles. The van der Waals surface area contributed by atoms with Crippen LogP contribution in [0, 0.1) is 12.8 Å². The molecule has 5 atom stereocenters. The smallest absolute Gasteiger partial charge is 0.407 e. The minimum atomic E-state index is -0.328. The molecular weight excluding hydrogens is 410 g/mol. The summed E-state index contributed by atoms with van der Waals surface area (Å²) in [6.07, 6.45) is 5.82. The third kappa shape index (κ3) is 5.36. The summed E-state index contributed by atoms with van der Waals surface area (Å²) in [5.41, 5.74) is 8.90. The Morgan fingerprint density at radius 1 is 1.28 bits per heavy atom. The van der Waals surface area contributed by atoms with Crippen LogP contribution in [-0.4, -0.2) is 51.0 Å². The van der Waals surface area contributed by atoms with Crippen molar-refractivity contribution in [2.45, 2.75) is 83.6 Å². The van der Waals surface area contributed by atoms with Gasteiger partial charge < -0.3 is 15.4 Å². The zero-order valence-corrected chi connectivity index (χ0v) is 18.9. The van der Waals surface area contributed by atoms with E-state index in [0.717, 1.165) is 43.4 Å². The first-order valence-corrected chi connectivity index (χ1v) is 11.5. The molecule has 0 aromatic carbocycles. The third-order valence-corrected chi connectivity index (χ3v) is 6.44. The summed E-state index contributed by atoms with van der Waals surface area (Å²) >= 11 is 0. The SMILES string of the molecule is CC[C@H](C)NC(=O)O[C@@H]1CC[C@H](C2CC(NC(=O)Cc3ccc4ncc(C)n4n3)NN2)C1. The molecule has 10 heteroatoms. The highest BCUT2D eigenvalue weighted by Gasteiger charge is 2.37. The van der Waals surface area contributed by atoms with Crippen LogP contribution in [0.4, 0.5) is 4.79 Å². The Bertz CT molecular complexity index is 962. The lowest BCUT2D eigenvalue weighted by Gasteiger charge is -2.19. The van der Waals surface area contributed by atoms with Gasteiger partial charge in [0.2, 0.25) is 5.91 Å². The van der Waals surface area contributed by atoms with Gasteiger partial charge in [0.25, 0.3) is 0 Å². The number of fused-ring (bicyclic) bond motifs is 1. The number of hydrogen-bond donors (Lipinski definition) is 4. The number of carbonyl (C=O) groups is 2. The van der Waals surface area contributed by atoms with Crippen LogP contribution in [0.5, 0.6) is 0 Å². The van der Waals surface area contributed by atoms with Gasteiger partial charge in [0, 0.05) is 12.1 Å². The maximum atomic E-state index is 12.5. The molecule has 0 spiro atoms. The molecular formula is C22H33N7O3. The summed E-state index contributed by atoms with van der Waals surface area (Å²) in [6, 6.07) is 4.05. The van der Waals surface area contributed by atoms with E-state index >= 15 is 0 Å². The van der Waals surface area contributed by atoms with Gasteiger partial charge in [-0.15, -0.1) is 0 Å². The van der Waals surface area contributed by atoms with Gasteiger partial charge in [-0.25, -0.2) is 19.7 Å². The maximum Gasteiger partial charge on any atom is 0.407 e. The fourth-order valence-electron chi connectivity index (χ4n) is 4.45. The highest BCUT2D eigenvalue weighted by atomic mass is 16.6. The molecule has 4 rings (SSSR count). The average molecular weight is 444 g/mol. The molecule has 1 aliphatic carbocycles. The highest BCUT2D eigenvalue weighted by Crippen LogP contribution is 2.32. The lowest BCUT2D eigenvalue weighted by Crippen LogP contribution is -2.45. The number of ether oxygens (including phenoxy) is 1. The minimum absolute atomic E-state index is 0.0490. The number of hydrogen-bond acceptors (Lipinski definition) is 7. The second kappa shape index (κ2) is 9.83. The number of carbonyl (C=O) groups excluding carboxylic acids is 2. The second-order valence-electron chi connectivity index (χ2n) is 8.98. The standard InChI is InChI=1S/C22H33N7O3/c1-4-13(2)24-22(31)32-17-7-5-15(9-17)18-11-19(27-26-18)25-21(30)10-16-6-8-20-23-12-14(3)29(20)28-16/h6,8,12-13,15,17-19,26-27H,4-5,7,9-11H2,1-3H3,(H,24,31)(H,25,30)/t13-,15-,17+,18?,19?/m0/s1. The Balaban J connectivity index is 1.22. The first kappa shape index (κ1) is 22.5. The number of rotatable bonds is 7. The molecule has 2 aromatic heterocycles. The van der Waals surface area contributed by atoms with Gasteiger partial charge >= 0.3 is 6.09 Å². The van der Waals surface area contributed by atoms with Crippen molar-refractivity contribution < 1.29 is 14.3 Å². The molecule has 4 N–H and O–H groups in total. The van der Waals surface area contributed by atoms with E-state index in [-0.39, 0.29) is 42.8 Å². The molecule has 1 saturated carbocycles. The summed E-state index contributed by atoms with van der Waals surface area (Å²) in [4.78, 5) is 28.8. The number of nitrogens with one attached hydrogen (secondary N) is 4. The Labute approximate surface area is 187 Å². The number of alkyl carbamates (subject to hydrolysis) is 1. The lowest BCUT2D eigenvalue weighted by atomic mass is 9.96. The van der Waals surface area contributed by atoms with E-state index in [0.29, 0.717) is 11.6 Å². The fourth-order valence-corrected chi connectivity index (χ4v) is 4.45. The van der Waals surface area contributed by atoms with Crippen molar-refractivity contribution >= 4 is 17.6 Å². The topological polar surface area (TPSA) is 122 Å². The first-order valence-electron chi connectivity index (χ1n) is 11.5. The summed E-state index contributed by atoms with van der Waals surface area (Å²) in [7, 11) is 0. The van der Waals surface area contributed by atoms with E-state index in [9.17, 15) is 9.59 Å². The Morgan fingerprint density at radius 2 is 2.12 bits per heavy atom. The Morgan fingerprint density at radius 3 is 2.94 bits per heavy atom. The number of imidazole rings is 1. The molecule has 2 aromatic rings. The van der Waals surface area contributed by atoms with Crippen LogP contribution in [0.25, 0.3) is 5.65 Å². The summed E-state index contributed by atoms with van der Waals surface area (Å²) < 4.78 is 7.33. The van der Waals surface area contributed by atoms with Crippen molar-refractivity contribution in [3.8, 4) is 0 Å². The first-order chi connectivity index (χ1) is 15.4. The van der Waals surface area contributed by atoms with Gasteiger partial charge in [-0.3, -0.25) is 10.2 Å². The van der Waals surface area contributed by atoms with E-state index in [1.165, 1.54) is 0 Å². The lowest BCUT2D eigenvalue weighted by molar-refractivity contribution is -0.121. The summed E-state index contributed by atoms with van der Waals surface area (Å²) in [5, 5.41) is 10.4. The Kier molecular flexibility index (Phi) is 6.90. The number of hydrazine groups is 1. The molecule has 32 heavy (non-hydrogen) atoms. The third-order valence-electron chi connectivity index (χ3n) is 6.44. The predicted molar refractivity (Wildman–Crippen MR) is 119 cm³/mol. The van der Waals surface area contributed by atoms with Gasteiger partial charge in [-0.1, -0.05) is 6.92 Å². The average Bonchev–Trinajstić information content (AvgIpc) is 3.49. The predicted octanol–water partition coefficient (Wildman–Crippen LogP) is 1.58.